The summed E-state index contributed by atoms with van der Waals surface area (Å²) in [6.07, 6.45) is 0. The minimum absolute atomic E-state index is 0.272. The van der Waals surface area contributed by atoms with Gasteiger partial charge in [-0.1, -0.05) is 89.9 Å². The normalized spacial score (nSPS) is 11.3. The number of nitrogens with zero attached hydrogens (tertiary/aromatic N) is 1. The van der Waals surface area contributed by atoms with Crippen molar-refractivity contribution >= 4 is 51.0 Å². The molecule has 38 heavy (non-hydrogen) atoms. The molecular weight excluding hydrogens is 515 g/mol. The number of rotatable bonds is 6. The van der Waals surface area contributed by atoms with Crippen molar-refractivity contribution in [3.8, 4) is 22.4 Å². The summed E-state index contributed by atoms with van der Waals surface area (Å²) in [5.41, 5.74) is 7.18. The molecule has 0 unspecified atom stereocenters. The molecule has 2 heterocycles. The summed E-state index contributed by atoms with van der Waals surface area (Å²) in [4.78, 5) is 16.7. The lowest BCUT2D eigenvalue weighted by molar-refractivity contribution is 0.0521. The molecule has 1 N–H and O–H groups in total. The lowest BCUT2D eigenvalue weighted by Crippen LogP contribution is -2.09. The molecule has 6 rings (SSSR count). The summed E-state index contributed by atoms with van der Waals surface area (Å²) in [5, 5.41) is 3.27. The number of benzene rings is 4. The lowest BCUT2D eigenvalue weighted by Gasteiger charge is -2.15. The number of esters is 1. The monoisotopic (exact) mass is 538 g/mol. The minimum Gasteiger partial charge on any atom is -0.461 e. The maximum absolute atomic E-state index is 13.4. The first-order valence-corrected chi connectivity index (χ1v) is 13.2. The molecule has 0 amide bonds. The van der Waals surface area contributed by atoms with Crippen LogP contribution in [0.15, 0.2) is 97.1 Å². The van der Waals surface area contributed by atoms with Gasteiger partial charge in [-0.05, 0) is 48.4 Å². The van der Waals surface area contributed by atoms with E-state index in [1.165, 1.54) is 0 Å². The molecule has 6 aromatic rings. The van der Waals surface area contributed by atoms with Crippen molar-refractivity contribution in [2.75, 3.05) is 6.61 Å². The molecule has 0 fully saturated rings. The van der Waals surface area contributed by atoms with E-state index in [-0.39, 0.29) is 6.61 Å². The molecule has 0 radical (unpaired) electrons. The first-order chi connectivity index (χ1) is 18.5. The Morgan fingerprint density at radius 3 is 2.29 bits per heavy atom. The van der Waals surface area contributed by atoms with E-state index in [9.17, 15) is 4.79 Å². The molecule has 188 valence electrons. The maximum atomic E-state index is 13.4. The number of fused-ring (bicyclic) bond motifs is 2. The molecule has 0 aliphatic rings. The van der Waals surface area contributed by atoms with Gasteiger partial charge in [0.05, 0.1) is 12.3 Å². The van der Waals surface area contributed by atoms with Crippen LogP contribution in [0, 0.1) is 0 Å². The van der Waals surface area contributed by atoms with Crippen LogP contribution in [0.2, 0.25) is 10.0 Å². The molecular formula is C32H24Cl2N2O2. The molecule has 6 heteroatoms. The van der Waals surface area contributed by atoms with Gasteiger partial charge < -0.3 is 14.3 Å². The topological polar surface area (TPSA) is 47.0 Å². The van der Waals surface area contributed by atoms with E-state index in [2.05, 4.69) is 33.8 Å². The van der Waals surface area contributed by atoms with Crippen molar-refractivity contribution in [1.29, 1.82) is 0 Å². The van der Waals surface area contributed by atoms with Crippen LogP contribution in [0.4, 0.5) is 0 Å². The highest BCUT2D eigenvalue weighted by Crippen LogP contribution is 2.45. The van der Waals surface area contributed by atoms with Crippen LogP contribution in [-0.2, 0) is 11.3 Å². The summed E-state index contributed by atoms with van der Waals surface area (Å²) in [5.74, 6) is -0.405. The maximum Gasteiger partial charge on any atom is 0.355 e. The average molecular weight is 539 g/mol. The van der Waals surface area contributed by atoms with Gasteiger partial charge in [-0.3, -0.25) is 0 Å². The lowest BCUT2D eigenvalue weighted by atomic mass is 9.96. The van der Waals surface area contributed by atoms with Crippen LogP contribution in [0.25, 0.3) is 44.2 Å². The van der Waals surface area contributed by atoms with Crippen LogP contribution in [0.1, 0.15) is 23.0 Å². The predicted octanol–water partition coefficient (Wildman–Crippen LogP) is 8.99. The fourth-order valence-corrected chi connectivity index (χ4v) is 5.47. The van der Waals surface area contributed by atoms with Gasteiger partial charge in [-0.2, -0.15) is 0 Å². The molecule has 0 spiro atoms. The molecule has 2 aromatic heterocycles. The van der Waals surface area contributed by atoms with E-state index in [0.717, 1.165) is 49.8 Å². The molecule has 0 aliphatic heterocycles. The number of para-hydroxylation sites is 1. The SMILES string of the molecule is CCOC(=O)c1[nH]c2cc(Cl)ccc2c1-c1c(-c2ccccc2)c2ccccc2n1Cc1ccc(Cl)cc1. The number of ether oxygens (including phenoxy) is 1. The second-order valence-corrected chi connectivity index (χ2v) is 9.98. The Bertz CT molecular complexity index is 1780. The first-order valence-electron chi connectivity index (χ1n) is 12.4. The highest BCUT2D eigenvalue weighted by atomic mass is 35.5. The van der Waals surface area contributed by atoms with Gasteiger partial charge in [0.15, 0.2) is 0 Å². The van der Waals surface area contributed by atoms with Crippen molar-refractivity contribution in [2.45, 2.75) is 13.5 Å². The van der Waals surface area contributed by atoms with Gasteiger partial charge in [0, 0.05) is 49.5 Å². The predicted molar refractivity (Wildman–Crippen MR) is 156 cm³/mol. The molecule has 4 nitrogen and oxygen atoms in total. The highest BCUT2D eigenvalue weighted by molar-refractivity contribution is 6.31. The third-order valence-electron chi connectivity index (χ3n) is 6.76. The summed E-state index contributed by atoms with van der Waals surface area (Å²) in [6.45, 7) is 2.67. The third kappa shape index (κ3) is 4.26. The zero-order valence-electron chi connectivity index (χ0n) is 20.7. The van der Waals surface area contributed by atoms with E-state index in [1.54, 1.807) is 0 Å². The zero-order valence-corrected chi connectivity index (χ0v) is 22.2. The summed E-state index contributed by atoms with van der Waals surface area (Å²) in [7, 11) is 0. The van der Waals surface area contributed by atoms with Crippen LogP contribution in [0.3, 0.4) is 0 Å². The number of halogens is 2. The van der Waals surface area contributed by atoms with Crippen molar-refractivity contribution in [2.24, 2.45) is 0 Å². The Balaban J connectivity index is 1.75. The van der Waals surface area contributed by atoms with Crippen LogP contribution < -0.4 is 0 Å². The Kier molecular flexibility index (Phi) is 6.44. The highest BCUT2D eigenvalue weighted by Gasteiger charge is 2.28. The van der Waals surface area contributed by atoms with Gasteiger partial charge >= 0.3 is 5.97 Å². The summed E-state index contributed by atoms with van der Waals surface area (Å²) >= 11 is 12.6. The van der Waals surface area contributed by atoms with Gasteiger partial charge in [0.2, 0.25) is 0 Å². The number of nitrogens with one attached hydrogen (secondary N) is 1. The Hall–Kier alpha value is -3.99. The van der Waals surface area contributed by atoms with E-state index in [4.69, 9.17) is 27.9 Å². The third-order valence-corrected chi connectivity index (χ3v) is 7.25. The van der Waals surface area contributed by atoms with E-state index in [0.29, 0.717) is 22.3 Å². The fourth-order valence-electron chi connectivity index (χ4n) is 5.17. The van der Waals surface area contributed by atoms with Crippen LogP contribution >= 0.6 is 23.2 Å². The number of hydrogen-bond donors (Lipinski definition) is 1. The van der Waals surface area contributed by atoms with Gasteiger partial charge in [-0.25, -0.2) is 4.79 Å². The standard InChI is InChI=1S/C32H24Cl2N2O2/c1-2-38-32(37)30-29(24-17-16-23(34)18-26(24)35-30)31-28(21-8-4-3-5-9-21)25-10-6-7-11-27(25)36(31)19-20-12-14-22(33)15-13-20/h3-18,35H,2,19H2,1H3. The molecule has 0 atom stereocenters. The Labute approximate surface area is 230 Å². The number of H-pyrrole nitrogens is 1. The van der Waals surface area contributed by atoms with Gasteiger partial charge in [0.25, 0.3) is 0 Å². The summed E-state index contributed by atoms with van der Waals surface area (Å²) in [6, 6.07) is 32.2. The number of hydrogen-bond acceptors (Lipinski definition) is 2. The molecule has 4 aromatic carbocycles. The Morgan fingerprint density at radius 2 is 1.53 bits per heavy atom. The zero-order chi connectivity index (χ0) is 26.2. The van der Waals surface area contributed by atoms with Gasteiger partial charge in [-0.15, -0.1) is 0 Å². The minimum atomic E-state index is -0.405. The molecule has 0 aliphatic carbocycles. The van der Waals surface area contributed by atoms with E-state index in [1.807, 2.05) is 79.7 Å². The summed E-state index contributed by atoms with van der Waals surface area (Å²) < 4.78 is 7.79. The second kappa shape index (κ2) is 10.1. The van der Waals surface area contributed by atoms with Crippen LogP contribution in [0.5, 0.6) is 0 Å². The Morgan fingerprint density at radius 1 is 0.816 bits per heavy atom. The first kappa shape index (κ1) is 24.4. The van der Waals surface area contributed by atoms with E-state index < -0.39 is 5.97 Å². The smallest absolute Gasteiger partial charge is 0.355 e. The molecule has 0 bridgehead atoms. The van der Waals surface area contributed by atoms with E-state index >= 15 is 0 Å². The number of carbonyl (C=O) groups is 1. The number of aromatic nitrogens is 2. The average Bonchev–Trinajstić information content (AvgIpc) is 3.45. The van der Waals surface area contributed by atoms with Crippen molar-refractivity contribution in [3.05, 3.63) is 118 Å². The largest absolute Gasteiger partial charge is 0.461 e. The number of carbonyl (C=O) groups excluding carboxylic acids is 1. The number of aromatic amines is 1. The van der Waals surface area contributed by atoms with Gasteiger partial charge in [0.1, 0.15) is 5.69 Å². The quantitative estimate of drug-likeness (QED) is 0.215. The molecule has 0 saturated heterocycles. The van der Waals surface area contributed by atoms with Crippen molar-refractivity contribution in [3.63, 3.8) is 0 Å². The molecule has 0 saturated carbocycles. The van der Waals surface area contributed by atoms with Crippen molar-refractivity contribution in [1.82, 2.24) is 9.55 Å². The second-order valence-electron chi connectivity index (χ2n) is 9.10. The fraction of sp³-hybridized carbons (Fsp3) is 0.0938. The van der Waals surface area contributed by atoms with Crippen molar-refractivity contribution < 1.29 is 9.53 Å². The van der Waals surface area contributed by atoms with Crippen LogP contribution in [-0.4, -0.2) is 22.1 Å².